The van der Waals surface area contributed by atoms with E-state index in [1.165, 1.54) is 13.2 Å². The molecule has 94 valence electrons. The number of halogens is 3. The van der Waals surface area contributed by atoms with E-state index in [1.54, 1.807) is 0 Å². The molecule has 1 aliphatic rings. The van der Waals surface area contributed by atoms with E-state index in [0.29, 0.717) is 18.4 Å². The van der Waals surface area contributed by atoms with Gasteiger partial charge in [0.15, 0.2) is 11.6 Å². The molecular weight excluding hydrogens is 233 g/mol. The number of hydrogen-bond donors (Lipinski definition) is 1. The topological polar surface area (TPSA) is 29.5 Å². The molecule has 1 fully saturated rings. The van der Waals surface area contributed by atoms with Gasteiger partial charge in [0.25, 0.3) is 6.43 Å². The Hall–Kier alpha value is -1.23. The third-order valence-corrected chi connectivity index (χ3v) is 2.95. The molecule has 0 bridgehead atoms. The summed E-state index contributed by atoms with van der Waals surface area (Å²) < 4.78 is 43.5. The maximum absolute atomic E-state index is 13.5. The van der Waals surface area contributed by atoms with Crippen molar-refractivity contribution in [2.75, 3.05) is 7.11 Å². The number of rotatable bonds is 4. The molecule has 1 aromatic rings. The Kier molecular flexibility index (Phi) is 3.03. The lowest BCUT2D eigenvalue weighted by Gasteiger charge is -2.14. The quantitative estimate of drug-likeness (QED) is 0.885. The van der Waals surface area contributed by atoms with Crippen LogP contribution in [0.25, 0.3) is 0 Å². The standard InChI is InChI=1S/C12H13F3O2/c1-17-10-8(6-12(16)2-3-12)4-7(11(14)15)5-9(10)13/h4-5,11,16H,2-3,6H2,1H3. The van der Waals surface area contributed by atoms with E-state index in [4.69, 9.17) is 4.74 Å². The molecule has 0 aromatic heterocycles. The average molecular weight is 246 g/mol. The number of methoxy groups -OCH3 is 1. The molecule has 1 N–H and O–H groups in total. The van der Waals surface area contributed by atoms with E-state index in [9.17, 15) is 18.3 Å². The summed E-state index contributed by atoms with van der Waals surface area (Å²) in [7, 11) is 1.28. The minimum atomic E-state index is -2.73. The monoisotopic (exact) mass is 246 g/mol. The van der Waals surface area contributed by atoms with Crippen LogP contribution < -0.4 is 4.74 Å². The predicted molar refractivity (Wildman–Crippen MR) is 55.8 cm³/mol. The summed E-state index contributed by atoms with van der Waals surface area (Å²) in [5.74, 6) is -0.876. The minimum Gasteiger partial charge on any atom is -0.493 e. The first kappa shape index (κ1) is 12.2. The van der Waals surface area contributed by atoms with Crippen molar-refractivity contribution in [1.29, 1.82) is 0 Å². The van der Waals surface area contributed by atoms with Gasteiger partial charge < -0.3 is 9.84 Å². The second-order valence-electron chi connectivity index (χ2n) is 4.40. The lowest BCUT2D eigenvalue weighted by Crippen LogP contribution is -2.12. The summed E-state index contributed by atoms with van der Waals surface area (Å²) in [5.41, 5.74) is -0.967. The molecular formula is C12H13F3O2. The molecule has 0 unspecified atom stereocenters. The number of hydrogen-bond acceptors (Lipinski definition) is 2. The molecule has 17 heavy (non-hydrogen) atoms. The zero-order valence-corrected chi connectivity index (χ0v) is 9.34. The summed E-state index contributed by atoms with van der Waals surface area (Å²) in [4.78, 5) is 0. The van der Waals surface area contributed by atoms with Crippen LogP contribution in [0.4, 0.5) is 13.2 Å². The minimum absolute atomic E-state index is 0.0604. The summed E-state index contributed by atoms with van der Waals surface area (Å²) >= 11 is 0. The van der Waals surface area contributed by atoms with Crippen molar-refractivity contribution in [3.05, 3.63) is 29.1 Å². The predicted octanol–water partition coefficient (Wildman–Crippen LogP) is 2.84. The lowest BCUT2D eigenvalue weighted by atomic mass is 10.0. The fourth-order valence-electron chi connectivity index (χ4n) is 1.84. The first-order valence-electron chi connectivity index (χ1n) is 5.32. The molecule has 0 radical (unpaired) electrons. The molecule has 1 saturated carbocycles. The molecule has 0 heterocycles. The Morgan fingerprint density at radius 1 is 1.41 bits per heavy atom. The van der Waals surface area contributed by atoms with Crippen molar-refractivity contribution in [1.82, 2.24) is 0 Å². The van der Waals surface area contributed by atoms with Gasteiger partial charge in [-0.1, -0.05) is 0 Å². The molecule has 0 amide bonds. The normalized spacial score (nSPS) is 17.3. The zero-order chi connectivity index (χ0) is 12.6. The molecule has 0 saturated heterocycles. The van der Waals surface area contributed by atoms with E-state index in [0.717, 1.165) is 6.07 Å². The Bertz CT molecular complexity index is 428. The van der Waals surface area contributed by atoms with Crippen LogP contribution in [0.5, 0.6) is 5.75 Å². The summed E-state index contributed by atoms with van der Waals surface area (Å²) in [5, 5.41) is 9.76. The van der Waals surface area contributed by atoms with Gasteiger partial charge in [-0.15, -0.1) is 0 Å². The third-order valence-electron chi connectivity index (χ3n) is 2.95. The summed E-state index contributed by atoms with van der Waals surface area (Å²) in [6.45, 7) is 0. The van der Waals surface area contributed by atoms with Crippen molar-refractivity contribution in [2.45, 2.75) is 31.3 Å². The number of ether oxygens (including phenoxy) is 1. The lowest BCUT2D eigenvalue weighted by molar-refractivity contribution is 0.145. The highest BCUT2D eigenvalue weighted by Gasteiger charge is 2.41. The van der Waals surface area contributed by atoms with Crippen molar-refractivity contribution in [3.63, 3.8) is 0 Å². The van der Waals surface area contributed by atoms with Crippen LogP contribution >= 0.6 is 0 Å². The molecule has 0 spiro atoms. The van der Waals surface area contributed by atoms with E-state index in [2.05, 4.69) is 0 Å². The molecule has 1 aromatic carbocycles. The number of alkyl halides is 2. The number of benzene rings is 1. The van der Waals surface area contributed by atoms with Crippen LogP contribution in [0.1, 0.15) is 30.4 Å². The molecule has 5 heteroatoms. The van der Waals surface area contributed by atoms with Gasteiger partial charge in [-0.05, 0) is 25.0 Å². The SMILES string of the molecule is COc1c(F)cc(C(F)F)cc1CC1(O)CC1. The van der Waals surface area contributed by atoms with E-state index >= 15 is 0 Å². The van der Waals surface area contributed by atoms with Crippen LogP contribution in [-0.2, 0) is 6.42 Å². The smallest absolute Gasteiger partial charge is 0.263 e. The highest BCUT2D eigenvalue weighted by molar-refractivity contribution is 5.40. The molecule has 2 nitrogen and oxygen atoms in total. The second-order valence-corrected chi connectivity index (χ2v) is 4.40. The third kappa shape index (κ3) is 2.54. The molecule has 0 aliphatic heterocycles. The van der Waals surface area contributed by atoms with Gasteiger partial charge in [0.2, 0.25) is 0 Å². The average Bonchev–Trinajstić information content (AvgIpc) is 2.95. The van der Waals surface area contributed by atoms with Gasteiger partial charge in [0, 0.05) is 17.5 Å². The maximum atomic E-state index is 13.5. The van der Waals surface area contributed by atoms with Crippen LogP contribution in [0.15, 0.2) is 12.1 Å². The highest BCUT2D eigenvalue weighted by atomic mass is 19.3. The van der Waals surface area contributed by atoms with Crippen LogP contribution in [-0.4, -0.2) is 17.8 Å². The van der Waals surface area contributed by atoms with Crippen LogP contribution in [0.3, 0.4) is 0 Å². The van der Waals surface area contributed by atoms with Gasteiger partial charge >= 0.3 is 0 Å². The Morgan fingerprint density at radius 2 is 2.06 bits per heavy atom. The van der Waals surface area contributed by atoms with E-state index < -0.39 is 17.8 Å². The van der Waals surface area contributed by atoms with Crippen molar-refractivity contribution >= 4 is 0 Å². The zero-order valence-electron chi connectivity index (χ0n) is 9.34. The Morgan fingerprint density at radius 3 is 2.53 bits per heavy atom. The number of aliphatic hydroxyl groups is 1. The summed E-state index contributed by atoms with van der Waals surface area (Å²) in [6, 6.07) is 1.97. The van der Waals surface area contributed by atoms with Crippen LogP contribution in [0, 0.1) is 5.82 Å². The second kappa shape index (κ2) is 4.22. The van der Waals surface area contributed by atoms with Crippen molar-refractivity contribution in [2.24, 2.45) is 0 Å². The largest absolute Gasteiger partial charge is 0.493 e. The fraction of sp³-hybridized carbons (Fsp3) is 0.500. The van der Waals surface area contributed by atoms with Crippen molar-refractivity contribution < 1.29 is 23.0 Å². The van der Waals surface area contributed by atoms with Gasteiger partial charge in [-0.25, -0.2) is 13.2 Å². The Labute approximate surface area is 97.0 Å². The van der Waals surface area contributed by atoms with E-state index in [-0.39, 0.29) is 17.7 Å². The van der Waals surface area contributed by atoms with Gasteiger partial charge in [-0.2, -0.15) is 0 Å². The Balaban J connectivity index is 2.38. The first-order chi connectivity index (χ1) is 7.95. The van der Waals surface area contributed by atoms with Crippen LogP contribution in [0.2, 0.25) is 0 Å². The summed E-state index contributed by atoms with van der Waals surface area (Å²) in [6.07, 6.45) is -1.37. The molecule has 1 aliphatic carbocycles. The van der Waals surface area contributed by atoms with Gasteiger partial charge in [-0.3, -0.25) is 0 Å². The van der Waals surface area contributed by atoms with Gasteiger partial charge in [0.1, 0.15) is 0 Å². The fourth-order valence-corrected chi connectivity index (χ4v) is 1.84. The first-order valence-corrected chi connectivity index (χ1v) is 5.32. The molecule has 0 atom stereocenters. The van der Waals surface area contributed by atoms with Gasteiger partial charge in [0.05, 0.1) is 12.7 Å². The highest BCUT2D eigenvalue weighted by Crippen LogP contribution is 2.41. The molecule has 2 rings (SSSR count). The maximum Gasteiger partial charge on any atom is 0.263 e. The van der Waals surface area contributed by atoms with E-state index in [1.807, 2.05) is 0 Å². The van der Waals surface area contributed by atoms with Crippen molar-refractivity contribution in [3.8, 4) is 5.75 Å².